The van der Waals surface area contributed by atoms with E-state index in [0.717, 1.165) is 23.9 Å². The van der Waals surface area contributed by atoms with E-state index in [0.29, 0.717) is 25.2 Å². The maximum atomic E-state index is 13.2. The Balaban J connectivity index is 1.67. The molecule has 8 heteroatoms. The van der Waals surface area contributed by atoms with Crippen LogP contribution in [-0.2, 0) is 32.5 Å². The van der Waals surface area contributed by atoms with Crippen LogP contribution in [0.1, 0.15) is 51.6 Å². The molecule has 30 heavy (non-hydrogen) atoms. The van der Waals surface area contributed by atoms with Crippen molar-refractivity contribution >= 4 is 22.8 Å². The number of nitrogens with zero attached hydrogens (tertiary/aromatic N) is 3. The van der Waals surface area contributed by atoms with E-state index in [-0.39, 0.29) is 30.2 Å². The highest BCUT2D eigenvalue weighted by atomic mass is 16.7. The summed E-state index contributed by atoms with van der Waals surface area (Å²) in [6.07, 6.45) is 1.94. The summed E-state index contributed by atoms with van der Waals surface area (Å²) in [5, 5.41) is 0. The topological polar surface area (TPSA) is 82.8 Å². The number of carbonyl (C=O) groups excluding carboxylic acids is 2. The van der Waals surface area contributed by atoms with Crippen molar-refractivity contribution in [2.45, 2.75) is 64.3 Å². The van der Waals surface area contributed by atoms with E-state index in [1.165, 1.54) is 4.90 Å². The number of hydrogen-bond donors (Lipinski definition) is 0. The number of piperidine rings is 1. The summed E-state index contributed by atoms with van der Waals surface area (Å²) >= 11 is 0. The van der Waals surface area contributed by atoms with Crippen LogP contribution in [-0.4, -0.2) is 50.9 Å². The van der Waals surface area contributed by atoms with E-state index in [9.17, 15) is 14.4 Å². The van der Waals surface area contributed by atoms with Gasteiger partial charge in [-0.1, -0.05) is 6.07 Å². The Morgan fingerprint density at radius 1 is 1.07 bits per heavy atom. The number of hydrogen-bond acceptors (Lipinski definition) is 5. The molecular formula is C22H29N3O5. The van der Waals surface area contributed by atoms with Gasteiger partial charge >= 0.3 is 5.69 Å². The number of amides is 2. The average Bonchev–Trinajstić information content (AvgIpc) is 3.28. The Hall–Kier alpha value is -2.45. The zero-order chi connectivity index (χ0) is 21.6. The van der Waals surface area contributed by atoms with E-state index in [1.807, 2.05) is 39.0 Å². The quantitative estimate of drug-likeness (QED) is 0.715. The number of carbonyl (C=O) groups is 2. The van der Waals surface area contributed by atoms with E-state index in [4.69, 9.17) is 9.47 Å². The van der Waals surface area contributed by atoms with Gasteiger partial charge in [-0.05, 0) is 51.3 Å². The fraction of sp³-hybridized carbons (Fsp3) is 0.591. The lowest BCUT2D eigenvalue weighted by Gasteiger charge is -2.39. The highest BCUT2D eigenvalue weighted by Gasteiger charge is 2.42. The normalized spacial score (nSPS) is 21.2. The van der Waals surface area contributed by atoms with Crippen molar-refractivity contribution in [1.82, 2.24) is 14.0 Å². The second kappa shape index (κ2) is 7.67. The fourth-order valence-electron chi connectivity index (χ4n) is 4.44. The summed E-state index contributed by atoms with van der Waals surface area (Å²) in [5.74, 6) is -0.497. The second-order valence-electron chi connectivity index (χ2n) is 9.04. The van der Waals surface area contributed by atoms with Gasteiger partial charge in [0.1, 0.15) is 6.04 Å². The summed E-state index contributed by atoms with van der Waals surface area (Å²) in [4.78, 5) is 40.0. The number of imidazole rings is 1. The molecule has 0 saturated carbocycles. The number of ether oxygens (including phenoxy) is 2. The minimum atomic E-state index is -0.677. The van der Waals surface area contributed by atoms with Crippen LogP contribution >= 0.6 is 0 Å². The van der Waals surface area contributed by atoms with Crippen molar-refractivity contribution in [3.8, 4) is 0 Å². The van der Waals surface area contributed by atoms with Gasteiger partial charge in [0.2, 0.25) is 5.91 Å². The zero-order valence-electron chi connectivity index (χ0n) is 18.0. The summed E-state index contributed by atoms with van der Waals surface area (Å²) in [6, 6.07) is 5.19. The van der Waals surface area contributed by atoms with Crippen LogP contribution in [0, 0.1) is 0 Å². The molecule has 1 aromatic heterocycles. The maximum absolute atomic E-state index is 13.2. The third kappa shape index (κ3) is 3.58. The lowest BCUT2D eigenvalue weighted by atomic mass is 9.96. The first-order chi connectivity index (χ1) is 14.2. The predicted octanol–water partition coefficient (Wildman–Crippen LogP) is 2.13. The van der Waals surface area contributed by atoms with Crippen molar-refractivity contribution in [3.63, 3.8) is 0 Å². The minimum Gasteiger partial charge on any atom is -0.350 e. The van der Waals surface area contributed by atoms with Gasteiger partial charge in [0, 0.05) is 25.4 Å². The number of likely N-dealkylation sites (tertiary alicyclic amines) is 1. The molecule has 8 nitrogen and oxygen atoms in total. The van der Waals surface area contributed by atoms with Gasteiger partial charge in [-0.2, -0.15) is 0 Å². The molecule has 4 rings (SSSR count). The van der Waals surface area contributed by atoms with Crippen LogP contribution in [0.25, 0.3) is 11.0 Å². The molecule has 0 aliphatic carbocycles. The first kappa shape index (κ1) is 20.8. The van der Waals surface area contributed by atoms with Crippen LogP contribution in [0.5, 0.6) is 0 Å². The van der Waals surface area contributed by atoms with Gasteiger partial charge in [-0.3, -0.25) is 23.6 Å². The Morgan fingerprint density at radius 3 is 2.43 bits per heavy atom. The molecule has 2 fully saturated rings. The molecule has 3 heterocycles. The van der Waals surface area contributed by atoms with Crippen LogP contribution in [0.2, 0.25) is 0 Å². The van der Waals surface area contributed by atoms with E-state index < -0.39 is 11.6 Å². The first-order valence-electron chi connectivity index (χ1n) is 10.5. The molecule has 2 amide bonds. The number of fused-ring (bicyclic) bond motifs is 1. The molecule has 2 aliphatic rings. The standard InChI is InChI=1S/C22H29N3O5/c1-22(2,3)25-18(26)9-8-16(20(25)27)24-15-7-5-14(6-10-19-29-11-12-30-19)13-17(15)23(4)21(24)28/h5,7,13,16,19H,6,8-12H2,1-4H3. The summed E-state index contributed by atoms with van der Waals surface area (Å²) in [7, 11) is 1.72. The van der Waals surface area contributed by atoms with Gasteiger partial charge in [-0.15, -0.1) is 0 Å². The number of aryl methyl sites for hydroxylation is 2. The smallest absolute Gasteiger partial charge is 0.329 e. The van der Waals surface area contributed by atoms with Crippen LogP contribution in [0.3, 0.4) is 0 Å². The number of benzene rings is 1. The predicted molar refractivity (Wildman–Crippen MR) is 111 cm³/mol. The lowest BCUT2D eigenvalue weighted by molar-refractivity contribution is -0.156. The number of aromatic nitrogens is 2. The van der Waals surface area contributed by atoms with Crippen LogP contribution < -0.4 is 5.69 Å². The number of imide groups is 1. The molecule has 2 saturated heterocycles. The molecule has 0 N–H and O–H groups in total. The molecule has 1 atom stereocenters. The van der Waals surface area contributed by atoms with Crippen molar-refractivity contribution in [3.05, 3.63) is 34.2 Å². The summed E-state index contributed by atoms with van der Waals surface area (Å²) in [5.41, 5.74) is 1.69. The van der Waals surface area contributed by atoms with E-state index >= 15 is 0 Å². The van der Waals surface area contributed by atoms with Gasteiger partial charge < -0.3 is 9.47 Å². The van der Waals surface area contributed by atoms with E-state index in [1.54, 1.807) is 16.2 Å². The molecule has 0 bridgehead atoms. The molecular weight excluding hydrogens is 386 g/mol. The molecule has 2 aliphatic heterocycles. The Bertz CT molecular complexity index is 1040. The largest absolute Gasteiger partial charge is 0.350 e. The van der Waals surface area contributed by atoms with Crippen LogP contribution in [0.4, 0.5) is 0 Å². The SMILES string of the molecule is Cn1c(=O)n(C2CCC(=O)N(C(C)(C)C)C2=O)c2ccc(CCC3OCCO3)cc21. The highest BCUT2D eigenvalue weighted by molar-refractivity contribution is 6.01. The average molecular weight is 415 g/mol. The highest BCUT2D eigenvalue weighted by Crippen LogP contribution is 2.31. The first-order valence-corrected chi connectivity index (χ1v) is 10.5. The summed E-state index contributed by atoms with van der Waals surface area (Å²) < 4.78 is 14.1. The van der Waals surface area contributed by atoms with Crippen LogP contribution in [0.15, 0.2) is 23.0 Å². The third-order valence-corrected chi connectivity index (χ3v) is 5.88. The fourth-order valence-corrected chi connectivity index (χ4v) is 4.44. The maximum Gasteiger partial charge on any atom is 0.329 e. The van der Waals surface area contributed by atoms with Gasteiger partial charge in [0.25, 0.3) is 5.91 Å². The van der Waals surface area contributed by atoms with Gasteiger partial charge in [-0.25, -0.2) is 4.79 Å². The van der Waals surface area contributed by atoms with Gasteiger partial charge in [0.05, 0.1) is 24.2 Å². The molecule has 2 aromatic rings. The van der Waals surface area contributed by atoms with Gasteiger partial charge in [0.15, 0.2) is 6.29 Å². The molecule has 1 aromatic carbocycles. The zero-order valence-corrected chi connectivity index (χ0v) is 18.0. The van der Waals surface area contributed by atoms with E-state index in [2.05, 4.69) is 0 Å². The molecule has 1 unspecified atom stereocenters. The Labute approximate surface area is 175 Å². The lowest BCUT2D eigenvalue weighted by Crippen LogP contribution is -2.55. The van der Waals surface area contributed by atoms with Crippen molar-refractivity contribution in [2.75, 3.05) is 13.2 Å². The number of rotatable bonds is 4. The monoisotopic (exact) mass is 415 g/mol. The van der Waals surface area contributed by atoms with Crippen molar-refractivity contribution < 1.29 is 19.1 Å². The molecule has 0 spiro atoms. The van der Waals surface area contributed by atoms with Crippen molar-refractivity contribution in [2.24, 2.45) is 7.05 Å². The Kier molecular flexibility index (Phi) is 5.32. The Morgan fingerprint density at radius 2 is 1.77 bits per heavy atom. The summed E-state index contributed by atoms with van der Waals surface area (Å²) in [6.45, 7) is 6.76. The minimum absolute atomic E-state index is 0.171. The molecule has 162 valence electrons. The van der Waals surface area contributed by atoms with Crippen molar-refractivity contribution in [1.29, 1.82) is 0 Å². The second-order valence-corrected chi connectivity index (χ2v) is 9.04. The third-order valence-electron chi connectivity index (χ3n) is 5.88. The molecule has 0 radical (unpaired) electrons.